The lowest BCUT2D eigenvalue weighted by molar-refractivity contribution is 0.0134. The van der Waals surface area contributed by atoms with Crippen LogP contribution in [0.2, 0.25) is 5.02 Å². The van der Waals surface area contributed by atoms with Crippen molar-refractivity contribution in [3.8, 4) is 0 Å². The molecule has 1 aromatic rings. The Balaban J connectivity index is 1.82. The zero-order valence-corrected chi connectivity index (χ0v) is 12.0. The lowest BCUT2D eigenvalue weighted by Gasteiger charge is -2.22. The van der Waals surface area contributed by atoms with Crippen molar-refractivity contribution in [1.82, 2.24) is 9.97 Å². The normalized spacial score (nSPS) is 19.2. The summed E-state index contributed by atoms with van der Waals surface area (Å²) in [5, 5.41) is 6.87. The maximum absolute atomic E-state index is 6.07. The van der Waals surface area contributed by atoms with Gasteiger partial charge in [0.1, 0.15) is 10.8 Å². The molecule has 1 fully saturated rings. The fraction of sp³-hybridized carbons (Fsp3) is 0.692. The van der Waals surface area contributed by atoms with E-state index in [4.69, 9.17) is 16.3 Å². The zero-order chi connectivity index (χ0) is 13.5. The van der Waals surface area contributed by atoms with E-state index in [-0.39, 0.29) is 0 Å². The van der Waals surface area contributed by atoms with Crippen molar-refractivity contribution >= 4 is 23.4 Å². The molecule has 2 rings (SSSR count). The van der Waals surface area contributed by atoms with Crippen LogP contribution >= 0.6 is 11.6 Å². The van der Waals surface area contributed by atoms with E-state index < -0.39 is 0 Å². The Morgan fingerprint density at radius 2 is 2.32 bits per heavy atom. The van der Waals surface area contributed by atoms with Crippen LogP contribution in [0.1, 0.15) is 32.6 Å². The minimum Gasteiger partial charge on any atom is -0.378 e. The maximum atomic E-state index is 6.07. The summed E-state index contributed by atoms with van der Waals surface area (Å²) in [6.07, 6.45) is 6.58. The van der Waals surface area contributed by atoms with Crippen LogP contribution in [-0.2, 0) is 4.74 Å². The molecule has 0 spiro atoms. The topological polar surface area (TPSA) is 59.1 Å². The Bertz CT molecular complexity index is 396. The first kappa shape index (κ1) is 14.3. The summed E-state index contributed by atoms with van der Waals surface area (Å²) in [6, 6.07) is 0. The van der Waals surface area contributed by atoms with Gasteiger partial charge in [0.25, 0.3) is 0 Å². The number of aromatic nitrogens is 2. The Morgan fingerprint density at radius 3 is 3.05 bits per heavy atom. The maximum Gasteiger partial charge on any atom is 0.224 e. The van der Waals surface area contributed by atoms with Crippen molar-refractivity contribution in [2.24, 2.45) is 0 Å². The lowest BCUT2D eigenvalue weighted by atomic mass is 10.1. The SMILES string of the molecule is CCNc1ncc(Cl)c(NCCC2CCCCO2)n1. The molecule has 106 valence electrons. The second-order valence-corrected chi connectivity index (χ2v) is 5.03. The summed E-state index contributed by atoms with van der Waals surface area (Å²) >= 11 is 6.07. The highest BCUT2D eigenvalue weighted by Gasteiger charge is 2.13. The molecular weight excluding hydrogens is 264 g/mol. The molecule has 5 nitrogen and oxygen atoms in total. The van der Waals surface area contributed by atoms with Crippen molar-refractivity contribution in [1.29, 1.82) is 0 Å². The van der Waals surface area contributed by atoms with E-state index in [1.54, 1.807) is 6.20 Å². The van der Waals surface area contributed by atoms with E-state index in [0.717, 1.165) is 32.5 Å². The third-order valence-corrected chi connectivity index (χ3v) is 3.39. The van der Waals surface area contributed by atoms with Gasteiger partial charge in [-0.25, -0.2) is 4.98 Å². The van der Waals surface area contributed by atoms with Crippen molar-refractivity contribution in [2.75, 3.05) is 30.3 Å². The van der Waals surface area contributed by atoms with Crippen molar-refractivity contribution in [2.45, 2.75) is 38.7 Å². The Hall–Kier alpha value is -1.07. The van der Waals surface area contributed by atoms with Gasteiger partial charge in [0.15, 0.2) is 0 Å². The van der Waals surface area contributed by atoms with E-state index in [1.165, 1.54) is 12.8 Å². The van der Waals surface area contributed by atoms with Crippen LogP contribution in [-0.4, -0.2) is 35.8 Å². The van der Waals surface area contributed by atoms with Crippen LogP contribution in [0.25, 0.3) is 0 Å². The molecule has 0 bridgehead atoms. The first-order chi connectivity index (χ1) is 9.29. The van der Waals surface area contributed by atoms with Crippen LogP contribution in [0.15, 0.2) is 6.20 Å². The molecule has 1 saturated heterocycles. The molecule has 0 aliphatic carbocycles. The molecule has 2 heterocycles. The number of anilines is 2. The van der Waals surface area contributed by atoms with Crippen LogP contribution in [0.3, 0.4) is 0 Å². The van der Waals surface area contributed by atoms with Crippen LogP contribution in [0.5, 0.6) is 0 Å². The molecule has 1 atom stereocenters. The van der Waals surface area contributed by atoms with Crippen LogP contribution in [0, 0.1) is 0 Å². The summed E-state index contributed by atoms with van der Waals surface area (Å²) in [5.74, 6) is 1.28. The average molecular weight is 285 g/mol. The largest absolute Gasteiger partial charge is 0.378 e. The monoisotopic (exact) mass is 284 g/mol. The van der Waals surface area contributed by atoms with Gasteiger partial charge in [-0.05, 0) is 32.6 Å². The molecule has 2 N–H and O–H groups in total. The van der Waals surface area contributed by atoms with Crippen molar-refractivity contribution in [3.63, 3.8) is 0 Å². The first-order valence-electron chi connectivity index (χ1n) is 6.91. The summed E-state index contributed by atoms with van der Waals surface area (Å²) < 4.78 is 5.69. The molecule has 6 heteroatoms. The Morgan fingerprint density at radius 1 is 1.42 bits per heavy atom. The van der Waals surface area contributed by atoms with Crippen molar-refractivity contribution < 1.29 is 4.74 Å². The fourth-order valence-corrected chi connectivity index (χ4v) is 2.28. The molecule has 0 aromatic carbocycles. The predicted octanol–water partition coefficient (Wildman–Crippen LogP) is 2.93. The van der Waals surface area contributed by atoms with Gasteiger partial charge in [-0.3, -0.25) is 0 Å². The number of rotatable bonds is 6. The van der Waals surface area contributed by atoms with E-state index in [9.17, 15) is 0 Å². The number of ether oxygens (including phenoxy) is 1. The molecule has 0 radical (unpaired) electrons. The zero-order valence-electron chi connectivity index (χ0n) is 11.3. The van der Waals surface area contributed by atoms with Crippen LogP contribution < -0.4 is 10.6 Å². The van der Waals surface area contributed by atoms with Gasteiger partial charge in [-0.2, -0.15) is 4.98 Å². The highest BCUT2D eigenvalue weighted by atomic mass is 35.5. The van der Waals surface area contributed by atoms with Gasteiger partial charge in [-0.1, -0.05) is 11.6 Å². The summed E-state index contributed by atoms with van der Waals surface area (Å²) in [6.45, 7) is 4.50. The number of hydrogen-bond acceptors (Lipinski definition) is 5. The standard InChI is InChI=1S/C13H21ClN4O/c1-2-15-13-17-9-11(14)12(18-13)16-7-6-10-5-3-4-8-19-10/h9-10H,2-8H2,1H3,(H2,15,16,17,18). The highest BCUT2D eigenvalue weighted by Crippen LogP contribution is 2.20. The molecular formula is C13H21ClN4O. The number of halogens is 1. The molecule has 1 aliphatic rings. The van der Waals surface area contributed by atoms with Gasteiger partial charge in [0.05, 0.1) is 12.3 Å². The van der Waals surface area contributed by atoms with Gasteiger partial charge in [-0.15, -0.1) is 0 Å². The molecule has 1 unspecified atom stereocenters. The van der Waals surface area contributed by atoms with E-state index in [2.05, 4.69) is 20.6 Å². The quantitative estimate of drug-likeness (QED) is 0.841. The second-order valence-electron chi connectivity index (χ2n) is 4.62. The van der Waals surface area contributed by atoms with Crippen molar-refractivity contribution in [3.05, 3.63) is 11.2 Å². The number of hydrogen-bond donors (Lipinski definition) is 2. The average Bonchev–Trinajstić information content (AvgIpc) is 2.44. The summed E-state index contributed by atoms with van der Waals surface area (Å²) in [7, 11) is 0. The molecule has 1 aliphatic heterocycles. The molecule has 1 aromatic heterocycles. The van der Waals surface area contributed by atoms with Gasteiger partial charge < -0.3 is 15.4 Å². The summed E-state index contributed by atoms with van der Waals surface area (Å²) in [4.78, 5) is 8.45. The third-order valence-electron chi connectivity index (χ3n) is 3.11. The molecule has 0 amide bonds. The number of nitrogens with one attached hydrogen (secondary N) is 2. The minimum absolute atomic E-state index is 0.370. The minimum atomic E-state index is 0.370. The molecule has 19 heavy (non-hydrogen) atoms. The Kier molecular flexibility index (Phi) is 5.66. The van der Waals surface area contributed by atoms with Gasteiger partial charge in [0, 0.05) is 19.7 Å². The van der Waals surface area contributed by atoms with Crippen LogP contribution in [0.4, 0.5) is 11.8 Å². The van der Waals surface area contributed by atoms with Gasteiger partial charge in [0.2, 0.25) is 5.95 Å². The summed E-state index contributed by atoms with van der Waals surface area (Å²) in [5.41, 5.74) is 0. The molecule has 0 saturated carbocycles. The van der Waals surface area contributed by atoms with Gasteiger partial charge >= 0.3 is 0 Å². The highest BCUT2D eigenvalue weighted by molar-refractivity contribution is 6.32. The number of nitrogens with zero attached hydrogens (tertiary/aromatic N) is 2. The predicted molar refractivity (Wildman–Crippen MR) is 77.9 cm³/mol. The smallest absolute Gasteiger partial charge is 0.224 e. The lowest BCUT2D eigenvalue weighted by Crippen LogP contribution is -2.22. The van der Waals surface area contributed by atoms with E-state index in [1.807, 2.05) is 6.92 Å². The van der Waals surface area contributed by atoms with E-state index >= 15 is 0 Å². The first-order valence-corrected chi connectivity index (χ1v) is 7.29. The second kappa shape index (κ2) is 7.50. The fourth-order valence-electron chi connectivity index (χ4n) is 2.12. The Labute approximate surface area is 119 Å². The third kappa shape index (κ3) is 4.51. The van der Waals surface area contributed by atoms with E-state index in [0.29, 0.717) is 22.9 Å².